The molecule has 2 unspecified atom stereocenters. The molecule has 1 aliphatic rings. The van der Waals surface area contributed by atoms with Gasteiger partial charge in [-0.25, -0.2) is 4.39 Å². The Balaban J connectivity index is 2.11. The third kappa shape index (κ3) is 2.84. The van der Waals surface area contributed by atoms with E-state index in [0.717, 1.165) is 0 Å². The highest BCUT2D eigenvalue weighted by Crippen LogP contribution is 2.22. The van der Waals surface area contributed by atoms with Crippen molar-refractivity contribution >= 4 is 6.21 Å². The van der Waals surface area contributed by atoms with Crippen molar-refractivity contribution in [2.45, 2.75) is 45.2 Å². The summed E-state index contributed by atoms with van der Waals surface area (Å²) < 4.78 is 13.4. The summed E-state index contributed by atoms with van der Waals surface area (Å²) in [6.45, 7) is 4.35. The van der Waals surface area contributed by atoms with Crippen LogP contribution in [-0.4, -0.2) is 23.3 Å². The lowest BCUT2D eigenvalue weighted by Gasteiger charge is -2.36. The zero-order valence-corrected chi connectivity index (χ0v) is 10.4. The summed E-state index contributed by atoms with van der Waals surface area (Å²) in [7, 11) is 0. The quantitative estimate of drug-likeness (QED) is 0.716. The van der Waals surface area contributed by atoms with Crippen LogP contribution >= 0.6 is 0 Å². The van der Waals surface area contributed by atoms with E-state index in [1.165, 1.54) is 25.3 Å². The number of piperidine rings is 1. The van der Waals surface area contributed by atoms with Gasteiger partial charge in [0.1, 0.15) is 5.82 Å². The Morgan fingerprint density at radius 2 is 1.88 bits per heavy atom. The van der Waals surface area contributed by atoms with Crippen LogP contribution in [0.15, 0.2) is 29.4 Å². The first-order valence-corrected chi connectivity index (χ1v) is 6.25. The number of halogens is 1. The SMILES string of the molecule is CC1CCCC(C)N1N=Cc1ccccc1F. The van der Waals surface area contributed by atoms with Crippen LogP contribution in [0.3, 0.4) is 0 Å². The molecule has 0 N–H and O–H groups in total. The van der Waals surface area contributed by atoms with Gasteiger partial charge in [0.2, 0.25) is 0 Å². The van der Waals surface area contributed by atoms with Gasteiger partial charge in [-0.05, 0) is 39.2 Å². The molecular weight excluding hydrogens is 215 g/mol. The van der Waals surface area contributed by atoms with Crippen molar-refractivity contribution in [1.82, 2.24) is 5.01 Å². The van der Waals surface area contributed by atoms with Crippen molar-refractivity contribution in [3.8, 4) is 0 Å². The van der Waals surface area contributed by atoms with Crippen LogP contribution in [0.2, 0.25) is 0 Å². The molecule has 0 aliphatic carbocycles. The molecule has 2 nitrogen and oxygen atoms in total. The number of hydrogen-bond acceptors (Lipinski definition) is 2. The highest BCUT2D eigenvalue weighted by Gasteiger charge is 2.22. The maximum absolute atomic E-state index is 13.4. The van der Waals surface area contributed by atoms with Gasteiger partial charge >= 0.3 is 0 Å². The minimum Gasteiger partial charge on any atom is -0.292 e. The molecule has 92 valence electrons. The molecule has 0 radical (unpaired) electrons. The first kappa shape index (κ1) is 12.1. The predicted molar refractivity (Wildman–Crippen MR) is 68.6 cm³/mol. The number of rotatable bonds is 2. The third-order valence-electron chi connectivity index (χ3n) is 3.38. The fourth-order valence-electron chi connectivity index (χ4n) is 2.34. The van der Waals surface area contributed by atoms with Crippen LogP contribution in [0.5, 0.6) is 0 Å². The number of benzene rings is 1. The summed E-state index contributed by atoms with van der Waals surface area (Å²) in [5.41, 5.74) is 0.553. The Bertz CT molecular complexity index is 393. The predicted octanol–water partition coefficient (Wildman–Crippen LogP) is 3.42. The van der Waals surface area contributed by atoms with Gasteiger partial charge < -0.3 is 0 Å². The molecule has 2 atom stereocenters. The topological polar surface area (TPSA) is 15.6 Å². The van der Waals surface area contributed by atoms with E-state index in [1.54, 1.807) is 18.3 Å². The smallest absolute Gasteiger partial charge is 0.132 e. The molecule has 0 bridgehead atoms. The maximum Gasteiger partial charge on any atom is 0.132 e. The number of hydrogen-bond donors (Lipinski definition) is 0. The van der Waals surface area contributed by atoms with E-state index in [0.29, 0.717) is 17.6 Å². The first-order valence-electron chi connectivity index (χ1n) is 6.25. The lowest BCUT2D eigenvalue weighted by molar-refractivity contribution is 0.109. The second-order valence-electron chi connectivity index (χ2n) is 4.78. The first-order chi connectivity index (χ1) is 8.18. The molecule has 17 heavy (non-hydrogen) atoms. The molecule has 0 saturated carbocycles. The van der Waals surface area contributed by atoms with Crippen molar-refractivity contribution in [3.63, 3.8) is 0 Å². The van der Waals surface area contributed by atoms with Crippen LogP contribution < -0.4 is 0 Å². The van der Waals surface area contributed by atoms with Crippen LogP contribution in [0.4, 0.5) is 4.39 Å². The summed E-state index contributed by atoms with van der Waals surface area (Å²) in [5.74, 6) is -0.214. The van der Waals surface area contributed by atoms with Crippen LogP contribution in [-0.2, 0) is 0 Å². The van der Waals surface area contributed by atoms with Crippen LogP contribution in [0.25, 0.3) is 0 Å². The molecule has 0 aromatic heterocycles. The van der Waals surface area contributed by atoms with E-state index in [2.05, 4.69) is 24.0 Å². The molecule has 0 amide bonds. The lowest BCUT2D eigenvalue weighted by Crippen LogP contribution is -2.39. The maximum atomic E-state index is 13.4. The molecule has 1 aromatic carbocycles. The lowest BCUT2D eigenvalue weighted by atomic mass is 10.00. The Kier molecular flexibility index (Phi) is 3.77. The number of hydrazone groups is 1. The number of nitrogens with zero attached hydrogens (tertiary/aromatic N) is 2. The highest BCUT2D eigenvalue weighted by molar-refractivity contribution is 5.79. The molecule has 0 spiro atoms. The van der Waals surface area contributed by atoms with Crippen molar-refractivity contribution in [2.75, 3.05) is 0 Å². The largest absolute Gasteiger partial charge is 0.292 e. The summed E-state index contributed by atoms with van der Waals surface area (Å²) in [6.07, 6.45) is 5.22. The van der Waals surface area contributed by atoms with Gasteiger partial charge in [-0.15, -0.1) is 0 Å². The van der Waals surface area contributed by atoms with Gasteiger partial charge in [-0.3, -0.25) is 5.01 Å². The van der Waals surface area contributed by atoms with Crippen molar-refractivity contribution in [3.05, 3.63) is 35.6 Å². The molecule has 2 rings (SSSR count). The third-order valence-corrected chi connectivity index (χ3v) is 3.38. The zero-order chi connectivity index (χ0) is 12.3. The Morgan fingerprint density at radius 1 is 1.24 bits per heavy atom. The van der Waals surface area contributed by atoms with Gasteiger partial charge in [0.05, 0.1) is 6.21 Å². The molecule has 1 fully saturated rings. The van der Waals surface area contributed by atoms with Gasteiger partial charge in [0, 0.05) is 17.6 Å². The molecular formula is C14H19FN2. The van der Waals surface area contributed by atoms with Crippen molar-refractivity contribution < 1.29 is 4.39 Å². The average molecular weight is 234 g/mol. The monoisotopic (exact) mass is 234 g/mol. The fraction of sp³-hybridized carbons (Fsp3) is 0.500. The Morgan fingerprint density at radius 3 is 2.53 bits per heavy atom. The normalized spacial score (nSPS) is 25.5. The van der Waals surface area contributed by atoms with E-state index in [1.807, 2.05) is 6.07 Å². The minimum absolute atomic E-state index is 0.214. The minimum atomic E-state index is -0.214. The van der Waals surface area contributed by atoms with E-state index in [-0.39, 0.29) is 5.82 Å². The zero-order valence-electron chi connectivity index (χ0n) is 10.4. The van der Waals surface area contributed by atoms with E-state index >= 15 is 0 Å². The molecule has 1 aromatic rings. The van der Waals surface area contributed by atoms with Crippen molar-refractivity contribution in [1.29, 1.82) is 0 Å². The fourth-order valence-corrected chi connectivity index (χ4v) is 2.34. The summed E-state index contributed by atoms with van der Waals surface area (Å²) in [5, 5.41) is 6.54. The van der Waals surface area contributed by atoms with Gasteiger partial charge in [-0.2, -0.15) is 5.10 Å². The van der Waals surface area contributed by atoms with Crippen LogP contribution in [0, 0.1) is 5.82 Å². The Hall–Kier alpha value is -1.38. The molecule has 3 heteroatoms. The van der Waals surface area contributed by atoms with Gasteiger partial charge in [0.25, 0.3) is 0 Å². The molecule has 1 heterocycles. The van der Waals surface area contributed by atoms with Gasteiger partial charge in [0.15, 0.2) is 0 Å². The average Bonchev–Trinajstić information content (AvgIpc) is 2.30. The summed E-state index contributed by atoms with van der Waals surface area (Å²) >= 11 is 0. The molecule has 1 aliphatic heterocycles. The van der Waals surface area contributed by atoms with Gasteiger partial charge in [-0.1, -0.05) is 18.2 Å². The van der Waals surface area contributed by atoms with E-state index < -0.39 is 0 Å². The highest BCUT2D eigenvalue weighted by atomic mass is 19.1. The second kappa shape index (κ2) is 5.30. The van der Waals surface area contributed by atoms with Crippen molar-refractivity contribution in [2.24, 2.45) is 5.10 Å². The van der Waals surface area contributed by atoms with E-state index in [9.17, 15) is 4.39 Å². The van der Waals surface area contributed by atoms with E-state index in [4.69, 9.17) is 0 Å². The summed E-state index contributed by atoms with van der Waals surface area (Å²) in [6, 6.07) is 7.62. The standard InChI is InChI=1S/C14H19FN2/c1-11-6-5-7-12(2)17(11)16-10-13-8-3-4-9-14(13)15/h3-4,8-12H,5-7H2,1-2H3. The second-order valence-corrected chi connectivity index (χ2v) is 4.78. The van der Waals surface area contributed by atoms with Crippen LogP contribution in [0.1, 0.15) is 38.7 Å². The molecule has 1 saturated heterocycles. The summed E-state index contributed by atoms with van der Waals surface area (Å²) in [4.78, 5) is 0. The Labute approximate surface area is 102 Å².